The summed E-state index contributed by atoms with van der Waals surface area (Å²) >= 11 is 12.6. The van der Waals surface area contributed by atoms with Gasteiger partial charge in [0.25, 0.3) is 0 Å². The zero-order valence-electron chi connectivity index (χ0n) is 8.51. The minimum Gasteiger partial charge on any atom is -0.132 e. The van der Waals surface area contributed by atoms with Crippen LogP contribution < -0.4 is 0 Å². The van der Waals surface area contributed by atoms with Crippen LogP contribution in [0.2, 0.25) is 0 Å². The van der Waals surface area contributed by atoms with Crippen molar-refractivity contribution in [1.82, 2.24) is 0 Å². The van der Waals surface area contributed by atoms with Crippen LogP contribution in [0.15, 0.2) is 38.6 Å². The van der Waals surface area contributed by atoms with Gasteiger partial charge >= 0.3 is 0 Å². The molecule has 0 saturated heterocycles. The molecular weight excluding hydrogens is 416 g/mol. The molecule has 1 aromatic carbocycles. The minimum absolute atomic E-state index is 0.249. The third-order valence-electron chi connectivity index (χ3n) is 2.27. The Labute approximate surface area is 124 Å². The topological polar surface area (TPSA) is 0 Å². The summed E-state index contributed by atoms with van der Waals surface area (Å²) in [5, 5.41) is 0. The zero-order valence-corrected chi connectivity index (χ0v) is 14.1. The van der Waals surface area contributed by atoms with Crippen LogP contribution in [0.5, 0.6) is 0 Å². The maximum Gasteiger partial charge on any atom is 0.0749 e. The van der Waals surface area contributed by atoms with Gasteiger partial charge in [-0.05, 0) is 52.2 Å². The van der Waals surface area contributed by atoms with E-state index in [1.54, 1.807) is 11.3 Å². The van der Waals surface area contributed by atoms with E-state index in [9.17, 15) is 0 Å². The van der Waals surface area contributed by atoms with Crippen LogP contribution in [-0.2, 0) is 0 Å². The summed E-state index contributed by atoms with van der Waals surface area (Å²) < 4.78 is 2.31. The molecule has 0 radical (unpaired) electrons. The SMILES string of the molecule is Cc1ccc(C(Br)c2ccc(Br)s2)c(Br)c1. The van der Waals surface area contributed by atoms with E-state index in [1.165, 1.54) is 16.0 Å². The Hall–Kier alpha value is 0.360. The molecule has 1 unspecified atom stereocenters. The van der Waals surface area contributed by atoms with E-state index >= 15 is 0 Å². The molecule has 1 atom stereocenters. The number of alkyl halides is 1. The fourth-order valence-corrected chi connectivity index (χ4v) is 4.74. The van der Waals surface area contributed by atoms with Crippen molar-refractivity contribution in [3.63, 3.8) is 0 Å². The van der Waals surface area contributed by atoms with Gasteiger partial charge in [0.05, 0.1) is 8.61 Å². The lowest BCUT2D eigenvalue weighted by atomic mass is 10.1. The quantitative estimate of drug-likeness (QED) is 0.513. The Morgan fingerprint density at radius 2 is 1.88 bits per heavy atom. The Morgan fingerprint density at radius 3 is 2.44 bits per heavy atom. The zero-order chi connectivity index (χ0) is 11.7. The molecule has 2 aromatic rings. The second-order valence-corrected chi connectivity index (χ2v) is 7.79. The first-order chi connectivity index (χ1) is 7.58. The van der Waals surface area contributed by atoms with Gasteiger partial charge in [-0.3, -0.25) is 0 Å². The van der Waals surface area contributed by atoms with Gasteiger partial charge in [-0.2, -0.15) is 0 Å². The van der Waals surface area contributed by atoms with E-state index in [-0.39, 0.29) is 4.83 Å². The number of rotatable bonds is 2. The third kappa shape index (κ3) is 2.78. The average molecular weight is 425 g/mol. The van der Waals surface area contributed by atoms with E-state index in [1.807, 2.05) is 0 Å². The number of hydrogen-bond acceptors (Lipinski definition) is 1. The van der Waals surface area contributed by atoms with E-state index in [0.29, 0.717) is 0 Å². The van der Waals surface area contributed by atoms with E-state index < -0.39 is 0 Å². The number of aryl methyl sites for hydroxylation is 1. The van der Waals surface area contributed by atoms with E-state index in [4.69, 9.17) is 0 Å². The Kier molecular flexibility index (Phi) is 4.27. The summed E-state index contributed by atoms with van der Waals surface area (Å²) in [7, 11) is 0. The van der Waals surface area contributed by atoms with Crippen LogP contribution in [0.4, 0.5) is 0 Å². The number of halogens is 3. The average Bonchev–Trinajstić information content (AvgIpc) is 2.64. The molecule has 4 heteroatoms. The standard InChI is InChI=1S/C12H9Br3S/c1-7-2-3-8(9(13)6-7)12(15)10-4-5-11(14)16-10/h2-6,12H,1H3. The first-order valence-electron chi connectivity index (χ1n) is 4.73. The summed E-state index contributed by atoms with van der Waals surface area (Å²) in [5.41, 5.74) is 2.53. The maximum absolute atomic E-state index is 3.74. The Balaban J connectivity index is 2.37. The molecule has 16 heavy (non-hydrogen) atoms. The Bertz CT molecular complexity index is 505. The van der Waals surface area contributed by atoms with Gasteiger partial charge in [0.15, 0.2) is 0 Å². The molecule has 2 rings (SSSR count). The van der Waals surface area contributed by atoms with Crippen molar-refractivity contribution >= 4 is 59.1 Å². The molecule has 0 N–H and O–H groups in total. The second kappa shape index (κ2) is 5.34. The van der Waals surface area contributed by atoms with Gasteiger partial charge < -0.3 is 0 Å². The smallest absolute Gasteiger partial charge is 0.0749 e. The molecule has 1 aromatic heterocycles. The molecule has 0 saturated carbocycles. The highest BCUT2D eigenvalue weighted by Gasteiger charge is 2.15. The predicted molar refractivity (Wildman–Crippen MR) is 81.7 cm³/mol. The van der Waals surface area contributed by atoms with Gasteiger partial charge in [0, 0.05) is 9.35 Å². The van der Waals surface area contributed by atoms with Crippen molar-refractivity contribution in [3.8, 4) is 0 Å². The summed E-state index contributed by atoms with van der Waals surface area (Å²) in [6, 6.07) is 10.7. The maximum atomic E-state index is 3.74. The molecule has 0 amide bonds. The molecule has 84 valence electrons. The fourth-order valence-electron chi connectivity index (χ4n) is 1.46. The van der Waals surface area contributed by atoms with Crippen LogP contribution in [0.25, 0.3) is 0 Å². The van der Waals surface area contributed by atoms with Crippen LogP contribution >= 0.6 is 59.1 Å². The lowest BCUT2D eigenvalue weighted by Gasteiger charge is -2.11. The summed E-state index contributed by atoms with van der Waals surface area (Å²) in [4.78, 5) is 1.55. The number of thiophene rings is 1. The van der Waals surface area contributed by atoms with Crippen molar-refractivity contribution in [2.75, 3.05) is 0 Å². The molecule has 0 aliphatic carbocycles. The number of benzene rings is 1. The Morgan fingerprint density at radius 1 is 1.12 bits per heavy atom. The van der Waals surface area contributed by atoms with Gasteiger partial charge in [-0.1, -0.05) is 44.0 Å². The van der Waals surface area contributed by atoms with Gasteiger partial charge in [-0.25, -0.2) is 0 Å². The van der Waals surface area contributed by atoms with Crippen LogP contribution in [0.1, 0.15) is 20.8 Å². The first kappa shape index (κ1) is 12.8. The summed E-state index contributed by atoms with van der Waals surface area (Å²) in [6.45, 7) is 2.10. The van der Waals surface area contributed by atoms with Crippen LogP contribution in [-0.4, -0.2) is 0 Å². The third-order valence-corrected chi connectivity index (χ3v) is 5.94. The van der Waals surface area contributed by atoms with Crippen LogP contribution in [0.3, 0.4) is 0 Å². The van der Waals surface area contributed by atoms with E-state index in [0.717, 1.165) is 8.26 Å². The molecular formula is C12H9Br3S. The summed E-state index contributed by atoms with van der Waals surface area (Å²) in [6.07, 6.45) is 0. The number of hydrogen-bond donors (Lipinski definition) is 0. The van der Waals surface area contributed by atoms with Crippen molar-refractivity contribution < 1.29 is 0 Å². The molecule has 0 aliphatic heterocycles. The van der Waals surface area contributed by atoms with Crippen molar-refractivity contribution in [2.45, 2.75) is 11.8 Å². The highest BCUT2D eigenvalue weighted by atomic mass is 79.9. The molecule has 1 heterocycles. The largest absolute Gasteiger partial charge is 0.132 e. The monoisotopic (exact) mass is 422 g/mol. The second-order valence-electron chi connectivity index (χ2n) is 3.53. The molecule has 0 bridgehead atoms. The lowest BCUT2D eigenvalue weighted by Crippen LogP contribution is -1.91. The normalized spacial score (nSPS) is 12.8. The van der Waals surface area contributed by atoms with Gasteiger partial charge in [0.1, 0.15) is 0 Å². The first-order valence-corrected chi connectivity index (χ1v) is 8.05. The molecule has 0 fully saturated rings. The van der Waals surface area contributed by atoms with Crippen molar-refractivity contribution in [2.24, 2.45) is 0 Å². The molecule has 0 aliphatic rings. The minimum atomic E-state index is 0.249. The highest BCUT2D eigenvalue weighted by molar-refractivity contribution is 9.11. The summed E-state index contributed by atoms with van der Waals surface area (Å²) in [5.74, 6) is 0. The van der Waals surface area contributed by atoms with Crippen molar-refractivity contribution in [3.05, 3.63) is 54.6 Å². The van der Waals surface area contributed by atoms with Crippen LogP contribution in [0, 0.1) is 6.92 Å². The predicted octanol–water partition coefficient (Wildman–Crippen LogP) is 6.07. The van der Waals surface area contributed by atoms with E-state index in [2.05, 4.69) is 85.0 Å². The van der Waals surface area contributed by atoms with Gasteiger partial charge in [0.2, 0.25) is 0 Å². The highest BCUT2D eigenvalue weighted by Crippen LogP contribution is 2.39. The lowest BCUT2D eigenvalue weighted by molar-refractivity contribution is 1.20. The molecule has 0 nitrogen and oxygen atoms in total. The van der Waals surface area contributed by atoms with Crippen molar-refractivity contribution in [1.29, 1.82) is 0 Å². The van der Waals surface area contributed by atoms with Gasteiger partial charge in [-0.15, -0.1) is 11.3 Å². The fraction of sp³-hybridized carbons (Fsp3) is 0.167. The molecule has 0 spiro atoms.